The Hall–Kier alpha value is -0.0800. The van der Waals surface area contributed by atoms with Crippen molar-refractivity contribution in [1.82, 2.24) is 0 Å². The van der Waals surface area contributed by atoms with Crippen molar-refractivity contribution in [1.29, 1.82) is 0 Å². The van der Waals surface area contributed by atoms with Gasteiger partial charge in [-0.15, -0.1) is 0 Å². The van der Waals surface area contributed by atoms with E-state index in [1.54, 1.807) is 0 Å². The van der Waals surface area contributed by atoms with Crippen LogP contribution >= 0.6 is 0 Å². The highest BCUT2D eigenvalue weighted by molar-refractivity contribution is 4.34. The van der Waals surface area contributed by atoms with Crippen molar-refractivity contribution in [3.8, 4) is 0 Å². The molecule has 0 aliphatic carbocycles. The van der Waals surface area contributed by atoms with Gasteiger partial charge in [0.25, 0.3) is 0 Å². The molecule has 0 bridgehead atoms. The summed E-state index contributed by atoms with van der Waals surface area (Å²) in [6.07, 6.45) is 0. The molecular weight excluding hydrogens is 78.0 g/mol. The van der Waals surface area contributed by atoms with E-state index in [0.717, 1.165) is 0 Å². The second kappa shape index (κ2) is 3.12. The minimum Gasteiger partial charge on any atom is -0.304 e. The fourth-order valence-electron chi connectivity index (χ4n) is 0.192. The molecule has 0 aromatic rings. The van der Waals surface area contributed by atoms with E-state index in [0.29, 0.717) is 12.5 Å². The van der Waals surface area contributed by atoms with Crippen LogP contribution < -0.4 is 5.90 Å². The first-order valence-electron chi connectivity index (χ1n) is 5.09. The third kappa shape index (κ3) is 3.92. The van der Waals surface area contributed by atoms with E-state index in [-0.39, 0.29) is 0 Å². The van der Waals surface area contributed by atoms with Crippen LogP contribution in [-0.2, 0) is 4.84 Å². The predicted molar refractivity (Wildman–Crippen MR) is 31.3 cm³/mol. The van der Waals surface area contributed by atoms with Gasteiger partial charge in [0.05, 0.1) is 6.61 Å². The monoisotopic (exact) mass is 101 g/mol. The van der Waals surface area contributed by atoms with E-state index in [1.165, 1.54) is 0 Å². The van der Waals surface area contributed by atoms with Crippen LogP contribution in [0.5, 0.6) is 0 Å². The molecule has 2 nitrogen and oxygen atoms in total. The Morgan fingerprint density at radius 2 is 2.50 bits per heavy atom. The van der Waals surface area contributed by atoms with Gasteiger partial charge in [0.2, 0.25) is 0 Å². The van der Waals surface area contributed by atoms with Crippen LogP contribution in [0.1, 0.15) is 22.8 Å². The summed E-state index contributed by atoms with van der Waals surface area (Å²) in [6, 6.07) is 0. The number of hydrogen-bond donors (Lipinski definition) is 1. The lowest BCUT2D eigenvalue weighted by atomic mass is 10.2. The zero-order chi connectivity index (χ0) is 11.0. The summed E-state index contributed by atoms with van der Waals surface area (Å²) in [5.74, 6) is 5.28. The third-order valence-corrected chi connectivity index (χ3v) is 0.430. The van der Waals surface area contributed by atoms with Gasteiger partial charge in [-0.3, -0.25) is 0 Å². The highest BCUT2D eigenvalue weighted by atomic mass is 16.6. The van der Waals surface area contributed by atoms with Crippen LogP contribution in [0.2, 0.25) is 0 Å². The summed E-state index contributed by atoms with van der Waals surface area (Å²) in [7, 11) is 0. The van der Waals surface area contributed by atoms with Crippen molar-refractivity contribution in [2.75, 3.05) is 6.61 Å². The molecule has 0 amide bonds. The van der Waals surface area contributed by atoms with Gasteiger partial charge in [0.15, 0.2) is 0 Å². The van der Waals surface area contributed by atoms with Crippen molar-refractivity contribution < 1.29 is 13.7 Å². The minimum atomic E-state index is 0.551. The van der Waals surface area contributed by atoms with Crippen LogP contribution in [0.25, 0.3) is 0 Å². The summed E-state index contributed by atoms with van der Waals surface area (Å²) in [5.41, 5.74) is 0. The molecule has 0 atom stereocenters. The Labute approximate surface area is 47.5 Å². The highest BCUT2D eigenvalue weighted by Gasteiger charge is 1.86. The quantitative estimate of drug-likeness (QED) is 0.532. The lowest BCUT2D eigenvalue weighted by Gasteiger charge is -1.96. The number of rotatable bonds is 2. The molecule has 0 aliphatic heterocycles. The lowest BCUT2D eigenvalue weighted by Crippen LogP contribution is -2.05. The normalized spacial score (nSPS) is 14.0. The molecule has 0 heterocycles. The fraction of sp³-hybridized carbons (Fsp3) is 1.00. The first-order valence-corrected chi connectivity index (χ1v) is 2.09. The molecule has 0 aromatic heterocycles. The Bertz CT molecular complexity index is 40.7. The summed E-state index contributed by atoms with van der Waals surface area (Å²) in [5, 5.41) is 0. The Kier molecular flexibility index (Phi) is 1.19. The molecule has 0 rings (SSSR count). The minimum absolute atomic E-state index is 0.551. The van der Waals surface area contributed by atoms with Gasteiger partial charge < -0.3 is 4.84 Å². The van der Waals surface area contributed by atoms with Gasteiger partial charge in [-0.1, -0.05) is 13.8 Å². The molecule has 6 heavy (non-hydrogen) atoms. The van der Waals surface area contributed by atoms with Gasteiger partial charge in [-0.25, -0.2) is 5.90 Å². The van der Waals surface area contributed by atoms with Gasteiger partial charge in [0, 0.05) is 8.91 Å². The molecule has 0 aliphatic rings. The first-order chi connectivity index (χ1) is 5.77. The van der Waals surface area contributed by atoms with Gasteiger partial charge >= 0.3 is 0 Å². The van der Waals surface area contributed by atoms with E-state index in [2.05, 4.69) is 4.84 Å². The van der Waals surface area contributed by atoms with E-state index in [9.17, 15) is 0 Å². The van der Waals surface area contributed by atoms with Crippen LogP contribution in [0.4, 0.5) is 0 Å². The maximum atomic E-state index is 5.00. The molecule has 0 spiro atoms. The van der Waals surface area contributed by atoms with Crippen LogP contribution in [0, 0.1) is 5.92 Å². The van der Waals surface area contributed by atoms with Crippen LogP contribution in [-0.4, -0.2) is 6.61 Å². The van der Waals surface area contributed by atoms with Crippen molar-refractivity contribution in [3.63, 3.8) is 0 Å². The topological polar surface area (TPSA) is 35.2 Å². The second-order valence-electron chi connectivity index (χ2n) is 1.73. The summed E-state index contributed by atoms with van der Waals surface area (Å²) in [6.45, 7) is 4.75. The molecular formula is C4H17NO. The first kappa shape index (κ1) is 2.28. The third-order valence-electron chi connectivity index (χ3n) is 0.430. The van der Waals surface area contributed by atoms with Crippen LogP contribution in [0.15, 0.2) is 0 Å². The average Bonchev–Trinajstić information content (AvgIpc) is 2.14. The predicted octanol–water partition coefficient (Wildman–Crippen LogP) is 1.27. The summed E-state index contributed by atoms with van der Waals surface area (Å²) >= 11 is 0. The van der Waals surface area contributed by atoms with Crippen molar-refractivity contribution in [3.05, 3.63) is 0 Å². The van der Waals surface area contributed by atoms with E-state index >= 15 is 0 Å². The van der Waals surface area contributed by atoms with Crippen molar-refractivity contribution in [2.45, 2.75) is 13.8 Å². The average molecular weight is 101 g/mol. The Balaban J connectivity index is -0.0000000453. The maximum Gasteiger partial charge on any atom is 0.0702 e. The zero-order valence-electron chi connectivity index (χ0n) is 10.3. The number of hydrogen-bond acceptors (Lipinski definition) is 2. The molecule has 2 N–H and O–H groups in total. The van der Waals surface area contributed by atoms with Gasteiger partial charge in [-0.05, 0) is 5.92 Å². The SMILES string of the molecule is CC(C)CON.[2H][2H].[2H][2H].[2H][2H]. The molecule has 0 unspecified atom stereocenters. The maximum absolute atomic E-state index is 5.00. The smallest absolute Gasteiger partial charge is 0.0702 e. The second-order valence-corrected chi connectivity index (χ2v) is 1.73. The summed E-state index contributed by atoms with van der Waals surface area (Å²) in [4.78, 5) is 4.30. The van der Waals surface area contributed by atoms with E-state index in [4.69, 9.17) is 14.8 Å². The van der Waals surface area contributed by atoms with Crippen molar-refractivity contribution >= 4 is 0 Å². The standard InChI is InChI=1S/C4H11NO.3H2/c1-4(2)3-6-5;;;/h4H,3,5H2,1-2H3;3*1H/i;3*1+1D. The van der Waals surface area contributed by atoms with Gasteiger partial charge in [-0.2, -0.15) is 0 Å². The number of nitrogens with two attached hydrogens (primary N) is 1. The molecule has 0 aromatic carbocycles. The summed E-state index contributed by atoms with van der Waals surface area (Å²) < 4.78 is 30.0. The lowest BCUT2D eigenvalue weighted by molar-refractivity contribution is 0.112. The molecule has 44 valence electrons. The molecule has 0 saturated carbocycles. The Morgan fingerprint density at radius 3 is 2.50 bits per heavy atom. The molecule has 0 saturated heterocycles. The van der Waals surface area contributed by atoms with Crippen molar-refractivity contribution in [2.24, 2.45) is 11.8 Å². The van der Waals surface area contributed by atoms with Crippen LogP contribution in [0.3, 0.4) is 0 Å². The molecule has 0 radical (unpaired) electrons. The van der Waals surface area contributed by atoms with E-state index in [1.807, 2.05) is 13.8 Å². The fourth-order valence-corrected chi connectivity index (χ4v) is 0.192. The van der Waals surface area contributed by atoms with E-state index < -0.39 is 0 Å². The highest BCUT2D eigenvalue weighted by Crippen LogP contribution is 1.86. The zero-order valence-corrected chi connectivity index (χ0v) is 4.27. The molecule has 0 fully saturated rings. The largest absolute Gasteiger partial charge is 0.304 e. The van der Waals surface area contributed by atoms with Gasteiger partial charge in [0.1, 0.15) is 0 Å². The Morgan fingerprint density at radius 1 is 2.00 bits per heavy atom. The molecule has 2 heteroatoms.